The van der Waals surface area contributed by atoms with Crippen LogP contribution in [0.15, 0.2) is 24.3 Å². The lowest BCUT2D eigenvalue weighted by atomic mass is 9.97. The fourth-order valence-corrected chi connectivity index (χ4v) is 2.15. The molecule has 0 aliphatic heterocycles. The van der Waals surface area contributed by atoms with Crippen molar-refractivity contribution in [3.63, 3.8) is 0 Å². The van der Waals surface area contributed by atoms with Gasteiger partial charge in [-0.15, -0.1) is 0 Å². The molecule has 0 aliphatic carbocycles. The summed E-state index contributed by atoms with van der Waals surface area (Å²) < 4.78 is 0. The molecule has 1 unspecified atom stereocenters. The van der Waals surface area contributed by atoms with Crippen LogP contribution >= 0.6 is 11.6 Å². The molecule has 0 saturated carbocycles. The molecule has 0 heterocycles. The Kier molecular flexibility index (Phi) is 6.65. The van der Waals surface area contributed by atoms with Gasteiger partial charge in [0, 0.05) is 13.1 Å². The van der Waals surface area contributed by atoms with E-state index in [1.54, 1.807) is 31.2 Å². The zero-order valence-corrected chi connectivity index (χ0v) is 13.2. The van der Waals surface area contributed by atoms with Crippen LogP contribution in [0.3, 0.4) is 0 Å². The predicted octanol–water partition coefficient (Wildman–Crippen LogP) is 1.70. The number of benzene rings is 1. The molecular weight excluding hydrogens is 290 g/mol. The van der Waals surface area contributed by atoms with Crippen LogP contribution in [-0.2, 0) is 4.79 Å². The summed E-state index contributed by atoms with van der Waals surface area (Å²) in [4.78, 5) is 23.7. The highest BCUT2D eigenvalue weighted by atomic mass is 35.5. The number of nitrogens with one attached hydrogen (secondary N) is 2. The van der Waals surface area contributed by atoms with Crippen molar-refractivity contribution < 1.29 is 9.59 Å². The van der Waals surface area contributed by atoms with Crippen LogP contribution in [0.5, 0.6) is 0 Å². The summed E-state index contributed by atoms with van der Waals surface area (Å²) in [5.41, 5.74) is 5.45. The van der Waals surface area contributed by atoms with E-state index in [1.165, 1.54) is 0 Å². The fraction of sp³-hybridized carbons (Fsp3) is 0.467. The summed E-state index contributed by atoms with van der Waals surface area (Å²) in [6, 6.07) is 6.81. The van der Waals surface area contributed by atoms with Crippen LogP contribution < -0.4 is 16.4 Å². The lowest BCUT2D eigenvalue weighted by Gasteiger charge is -2.22. The van der Waals surface area contributed by atoms with Gasteiger partial charge in [-0.05, 0) is 25.5 Å². The van der Waals surface area contributed by atoms with Crippen LogP contribution in [0.4, 0.5) is 0 Å². The van der Waals surface area contributed by atoms with E-state index >= 15 is 0 Å². The van der Waals surface area contributed by atoms with E-state index in [0.717, 1.165) is 6.42 Å². The zero-order valence-electron chi connectivity index (χ0n) is 12.4. The standard InChI is InChI=1S/C15H22ClN3O2/c1-3-8-15(2,17)14(21)19-10-9-18-13(20)11-6-4-5-7-12(11)16/h4-7H,3,8-10,17H2,1-2H3,(H,18,20)(H,19,21). The third-order valence-electron chi connectivity index (χ3n) is 3.10. The maximum absolute atomic E-state index is 11.9. The van der Waals surface area contributed by atoms with Crippen molar-refractivity contribution in [1.29, 1.82) is 0 Å². The van der Waals surface area contributed by atoms with E-state index < -0.39 is 5.54 Å². The van der Waals surface area contributed by atoms with Gasteiger partial charge in [-0.1, -0.05) is 37.1 Å². The van der Waals surface area contributed by atoms with E-state index in [4.69, 9.17) is 17.3 Å². The second-order valence-corrected chi connectivity index (χ2v) is 5.57. The summed E-state index contributed by atoms with van der Waals surface area (Å²) in [5, 5.41) is 5.82. The van der Waals surface area contributed by atoms with Crippen LogP contribution in [0.2, 0.25) is 5.02 Å². The maximum atomic E-state index is 11.9. The molecule has 1 rings (SSSR count). The summed E-state index contributed by atoms with van der Waals surface area (Å²) >= 11 is 5.93. The number of rotatable bonds is 7. The van der Waals surface area contributed by atoms with E-state index in [9.17, 15) is 9.59 Å². The highest BCUT2D eigenvalue weighted by Crippen LogP contribution is 2.14. The second kappa shape index (κ2) is 8.00. The van der Waals surface area contributed by atoms with E-state index in [0.29, 0.717) is 30.1 Å². The topological polar surface area (TPSA) is 84.2 Å². The minimum Gasteiger partial charge on any atom is -0.353 e. The number of hydrogen-bond donors (Lipinski definition) is 3. The molecule has 0 aliphatic rings. The summed E-state index contributed by atoms with van der Waals surface area (Å²) in [6.45, 7) is 4.32. The molecule has 1 aromatic rings. The molecule has 5 nitrogen and oxygen atoms in total. The van der Waals surface area contributed by atoms with Crippen molar-refractivity contribution in [2.45, 2.75) is 32.2 Å². The first-order valence-electron chi connectivity index (χ1n) is 6.98. The second-order valence-electron chi connectivity index (χ2n) is 5.16. The summed E-state index contributed by atoms with van der Waals surface area (Å²) in [5.74, 6) is -0.477. The Hall–Kier alpha value is -1.59. The monoisotopic (exact) mass is 311 g/mol. The smallest absolute Gasteiger partial charge is 0.252 e. The first-order valence-corrected chi connectivity index (χ1v) is 7.36. The Labute approximate surface area is 130 Å². The Bertz CT molecular complexity index is 503. The van der Waals surface area contributed by atoms with Crippen molar-refractivity contribution in [3.05, 3.63) is 34.9 Å². The molecule has 1 aromatic carbocycles. The Morgan fingerprint density at radius 3 is 2.48 bits per heavy atom. The fourth-order valence-electron chi connectivity index (χ4n) is 1.93. The van der Waals surface area contributed by atoms with Crippen molar-refractivity contribution >= 4 is 23.4 Å². The van der Waals surface area contributed by atoms with E-state index in [1.807, 2.05) is 6.92 Å². The molecule has 0 spiro atoms. The number of nitrogens with two attached hydrogens (primary N) is 1. The first kappa shape index (κ1) is 17.5. The van der Waals surface area contributed by atoms with Crippen molar-refractivity contribution in [3.8, 4) is 0 Å². The van der Waals surface area contributed by atoms with Gasteiger partial charge in [0.1, 0.15) is 0 Å². The highest BCUT2D eigenvalue weighted by Gasteiger charge is 2.26. The zero-order chi connectivity index (χ0) is 15.9. The highest BCUT2D eigenvalue weighted by molar-refractivity contribution is 6.33. The molecule has 0 radical (unpaired) electrons. The lowest BCUT2D eigenvalue weighted by Crippen LogP contribution is -2.52. The third-order valence-corrected chi connectivity index (χ3v) is 3.43. The summed E-state index contributed by atoms with van der Waals surface area (Å²) in [7, 11) is 0. The Morgan fingerprint density at radius 1 is 1.24 bits per heavy atom. The minimum atomic E-state index is -0.874. The number of carbonyl (C=O) groups is 2. The van der Waals surface area contributed by atoms with Gasteiger partial charge in [0.15, 0.2) is 0 Å². The number of halogens is 1. The van der Waals surface area contributed by atoms with Gasteiger partial charge in [-0.25, -0.2) is 0 Å². The van der Waals surface area contributed by atoms with Crippen LogP contribution in [0.1, 0.15) is 37.0 Å². The van der Waals surface area contributed by atoms with Gasteiger partial charge in [-0.3, -0.25) is 9.59 Å². The van der Waals surface area contributed by atoms with Crippen LogP contribution in [0.25, 0.3) is 0 Å². The number of amides is 2. The van der Waals surface area contributed by atoms with Crippen molar-refractivity contribution in [2.75, 3.05) is 13.1 Å². The van der Waals surface area contributed by atoms with Crippen molar-refractivity contribution in [1.82, 2.24) is 10.6 Å². The average molecular weight is 312 g/mol. The number of carbonyl (C=O) groups excluding carboxylic acids is 2. The maximum Gasteiger partial charge on any atom is 0.252 e. The molecule has 0 aromatic heterocycles. The van der Waals surface area contributed by atoms with E-state index in [-0.39, 0.29) is 11.8 Å². The molecule has 4 N–H and O–H groups in total. The normalized spacial score (nSPS) is 13.3. The van der Waals surface area contributed by atoms with Crippen molar-refractivity contribution in [2.24, 2.45) is 5.73 Å². The average Bonchev–Trinajstić information content (AvgIpc) is 2.43. The molecule has 0 fully saturated rings. The molecule has 21 heavy (non-hydrogen) atoms. The molecule has 0 bridgehead atoms. The SMILES string of the molecule is CCCC(C)(N)C(=O)NCCNC(=O)c1ccccc1Cl. The first-order chi connectivity index (χ1) is 9.88. The molecule has 116 valence electrons. The van der Waals surface area contributed by atoms with Gasteiger partial charge in [0.25, 0.3) is 5.91 Å². The van der Waals surface area contributed by atoms with Gasteiger partial charge in [0.2, 0.25) is 5.91 Å². The van der Waals surface area contributed by atoms with Crippen LogP contribution in [0, 0.1) is 0 Å². The van der Waals surface area contributed by atoms with Gasteiger partial charge >= 0.3 is 0 Å². The minimum absolute atomic E-state index is 0.212. The van der Waals surface area contributed by atoms with Gasteiger partial charge in [-0.2, -0.15) is 0 Å². The predicted molar refractivity (Wildman–Crippen MR) is 84.3 cm³/mol. The molecule has 1 atom stereocenters. The van der Waals surface area contributed by atoms with E-state index in [2.05, 4.69) is 10.6 Å². The van der Waals surface area contributed by atoms with Crippen LogP contribution in [-0.4, -0.2) is 30.4 Å². The third kappa shape index (κ3) is 5.36. The molecule has 0 saturated heterocycles. The van der Waals surface area contributed by atoms with Gasteiger partial charge < -0.3 is 16.4 Å². The molecular formula is C15H22ClN3O2. The number of hydrogen-bond acceptors (Lipinski definition) is 3. The van der Waals surface area contributed by atoms with Gasteiger partial charge in [0.05, 0.1) is 16.1 Å². The Morgan fingerprint density at radius 2 is 1.86 bits per heavy atom. The molecule has 6 heteroatoms. The molecule has 2 amide bonds. The lowest BCUT2D eigenvalue weighted by molar-refractivity contribution is -0.126. The Balaban J connectivity index is 2.36. The quantitative estimate of drug-likeness (QED) is 0.670. The largest absolute Gasteiger partial charge is 0.353 e. The summed E-state index contributed by atoms with van der Waals surface area (Å²) in [6.07, 6.45) is 1.45.